The fourth-order valence-electron chi connectivity index (χ4n) is 3.36. The topological polar surface area (TPSA) is 63.7 Å². The molecule has 29 heavy (non-hydrogen) atoms. The molecule has 1 amide bonds. The molecular weight excluding hydrogens is 417 g/mol. The van der Waals surface area contributed by atoms with Gasteiger partial charge < -0.3 is 9.64 Å². The number of nitrogens with zero attached hydrogens (tertiary/aromatic N) is 1. The maximum Gasteiger partial charge on any atom is 0.254 e. The van der Waals surface area contributed by atoms with E-state index in [9.17, 15) is 17.6 Å². The van der Waals surface area contributed by atoms with E-state index < -0.39 is 21.7 Å². The van der Waals surface area contributed by atoms with Gasteiger partial charge in [-0.15, -0.1) is 0 Å². The van der Waals surface area contributed by atoms with Gasteiger partial charge in [-0.25, -0.2) is 12.8 Å². The van der Waals surface area contributed by atoms with E-state index in [0.29, 0.717) is 17.7 Å². The normalized spacial score (nSPS) is 18.0. The highest BCUT2D eigenvalue weighted by atomic mass is 35.5. The van der Waals surface area contributed by atoms with Crippen molar-refractivity contribution in [3.8, 4) is 5.75 Å². The maximum absolute atomic E-state index is 14.3. The van der Waals surface area contributed by atoms with Crippen LogP contribution in [-0.2, 0) is 16.4 Å². The van der Waals surface area contributed by atoms with Crippen LogP contribution in [0.5, 0.6) is 5.75 Å². The van der Waals surface area contributed by atoms with Crippen molar-refractivity contribution in [3.63, 3.8) is 0 Å². The Kier molecular flexibility index (Phi) is 6.49. The van der Waals surface area contributed by atoms with Gasteiger partial charge in [0.1, 0.15) is 11.6 Å². The van der Waals surface area contributed by atoms with E-state index in [1.165, 1.54) is 17.0 Å². The first kappa shape index (κ1) is 21.6. The van der Waals surface area contributed by atoms with Crippen LogP contribution in [0.1, 0.15) is 36.2 Å². The lowest BCUT2D eigenvalue weighted by Gasteiger charge is -2.29. The van der Waals surface area contributed by atoms with Gasteiger partial charge in [0, 0.05) is 22.2 Å². The Labute approximate surface area is 175 Å². The molecule has 1 fully saturated rings. The van der Waals surface area contributed by atoms with Crippen molar-refractivity contribution in [3.05, 3.63) is 64.4 Å². The number of ether oxygens (including phenoxy) is 1. The number of sulfone groups is 1. The highest BCUT2D eigenvalue weighted by Crippen LogP contribution is 2.27. The van der Waals surface area contributed by atoms with Gasteiger partial charge in [0.05, 0.1) is 24.2 Å². The predicted octanol–water partition coefficient (Wildman–Crippen LogP) is 4.10. The van der Waals surface area contributed by atoms with E-state index in [1.54, 1.807) is 30.3 Å². The van der Waals surface area contributed by atoms with E-state index in [1.807, 2.05) is 13.8 Å². The van der Waals surface area contributed by atoms with E-state index in [2.05, 4.69) is 0 Å². The summed E-state index contributed by atoms with van der Waals surface area (Å²) in [6.07, 6.45) is 0.314. The van der Waals surface area contributed by atoms with Gasteiger partial charge in [-0.1, -0.05) is 17.7 Å². The first-order valence-corrected chi connectivity index (χ1v) is 11.6. The largest absolute Gasteiger partial charge is 0.491 e. The van der Waals surface area contributed by atoms with Crippen molar-refractivity contribution in [1.82, 2.24) is 4.90 Å². The number of rotatable bonds is 6. The Balaban J connectivity index is 1.91. The first-order valence-electron chi connectivity index (χ1n) is 9.37. The van der Waals surface area contributed by atoms with Crippen LogP contribution in [0, 0.1) is 5.82 Å². The van der Waals surface area contributed by atoms with E-state index >= 15 is 0 Å². The maximum atomic E-state index is 14.3. The molecule has 0 bridgehead atoms. The number of amides is 1. The van der Waals surface area contributed by atoms with Crippen LogP contribution in [0.25, 0.3) is 0 Å². The van der Waals surface area contributed by atoms with Crippen molar-refractivity contribution in [2.45, 2.75) is 39.0 Å². The van der Waals surface area contributed by atoms with Gasteiger partial charge in [0.15, 0.2) is 9.84 Å². The Bertz CT molecular complexity index is 972. The molecule has 0 radical (unpaired) electrons. The Morgan fingerprint density at radius 1 is 1.24 bits per heavy atom. The lowest BCUT2D eigenvalue weighted by molar-refractivity contribution is 0.0679. The zero-order valence-electron chi connectivity index (χ0n) is 16.3. The third-order valence-corrected chi connectivity index (χ3v) is 6.88. The lowest BCUT2D eigenvalue weighted by Crippen LogP contribution is -2.41. The molecule has 1 aliphatic heterocycles. The fourth-order valence-corrected chi connectivity index (χ4v) is 5.31. The summed E-state index contributed by atoms with van der Waals surface area (Å²) in [4.78, 5) is 14.6. The van der Waals surface area contributed by atoms with E-state index in [4.69, 9.17) is 16.3 Å². The highest BCUT2D eigenvalue weighted by Gasteiger charge is 2.35. The van der Waals surface area contributed by atoms with Crippen LogP contribution in [0.3, 0.4) is 0 Å². The molecule has 1 atom stereocenters. The molecule has 2 aromatic rings. The standard InChI is InChI=1S/C21H23ClFNO4S/c1-14(2)28-17-8-6-15(7-9-17)21(25)24(16-10-11-29(26,27)13-16)12-18-19(22)4-3-5-20(18)23/h3-9,14,16H,10-13H2,1-2H3/t16-/m0/s1. The average molecular weight is 440 g/mol. The van der Waals surface area contributed by atoms with Gasteiger partial charge in [-0.05, 0) is 56.7 Å². The highest BCUT2D eigenvalue weighted by molar-refractivity contribution is 7.91. The molecule has 1 heterocycles. The summed E-state index contributed by atoms with van der Waals surface area (Å²) >= 11 is 6.14. The first-order chi connectivity index (χ1) is 13.7. The average Bonchev–Trinajstić information content (AvgIpc) is 3.01. The second kappa shape index (κ2) is 8.71. The number of hydrogen-bond donors (Lipinski definition) is 0. The van der Waals surface area contributed by atoms with Crippen LogP contribution in [-0.4, -0.2) is 42.9 Å². The van der Waals surface area contributed by atoms with Crippen molar-refractivity contribution in [1.29, 1.82) is 0 Å². The van der Waals surface area contributed by atoms with Gasteiger partial charge in [0.2, 0.25) is 0 Å². The summed E-state index contributed by atoms with van der Waals surface area (Å²) in [6, 6.07) is 10.4. The van der Waals surface area contributed by atoms with Crippen molar-refractivity contribution >= 4 is 27.3 Å². The molecule has 8 heteroatoms. The second-order valence-electron chi connectivity index (χ2n) is 7.38. The van der Waals surface area contributed by atoms with Crippen molar-refractivity contribution in [2.24, 2.45) is 0 Å². The predicted molar refractivity (Wildman–Crippen MR) is 111 cm³/mol. The third-order valence-electron chi connectivity index (χ3n) is 4.77. The summed E-state index contributed by atoms with van der Waals surface area (Å²) in [5.74, 6) is -0.407. The van der Waals surface area contributed by atoms with Crippen LogP contribution in [0.4, 0.5) is 4.39 Å². The zero-order chi connectivity index (χ0) is 21.2. The molecule has 0 aromatic heterocycles. The number of carbonyl (C=O) groups is 1. The molecule has 0 unspecified atom stereocenters. The molecule has 2 aromatic carbocycles. The number of halogens is 2. The van der Waals surface area contributed by atoms with Crippen LogP contribution >= 0.6 is 11.6 Å². The molecule has 0 aliphatic carbocycles. The number of benzene rings is 2. The molecule has 1 aliphatic rings. The molecule has 0 spiro atoms. The second-order valence-corrected chi connectivity index (χ2v) is 10.0. The fraction of sp³-hybridized carbons (Fsp3) is 0.381. The minimum atomic E-state index is -3.23. The Morgan fingerprint density at radius 2 is 1.93 bits per heavy atom. The molecular formula is C21H23ClFNO4S. The minimum Gasteiger partial charge on any atom is -0.491 e. The minimum absolute atomic E-state index is 0.0000526. The van der Waals surface area contributed by atoms with Gasteiger partial charge in [-0.2, -0.15) is 0 Å². The summed E-state index contributed by atoms with van der Waals surface area (Å²) in [5.41, 5.74) is 0.546. The number of hydrogen-bond acceptors (Lipinski definition) is 4. The molecule has 3 rings (SSSR count). The van der Waals surface area contributed by atoms with Gasteiger partial charge >= 0.3 is 0 Å². The molecule has 1 saturated heterocycles. The lowest BCUT2D eigenvalue weighted by atomic mass is 10.1. The van der Waals surface area contributed by atoms with Crippen LogP contribution in [0.2, 0.25) is 5.02 Å². The van der Waals surface area contributed by atoms with Crippen LogP contribution in [0.15, 0.2) is 42.5 Å². The van der Waals surface area contributed by atoms with Gasteiger partial charge in [0.25, 0.3) is 5.91 Å². The number of carbonyl (C=O) groups excluding carboxylic acids is 1. The summed E-state index contributed by atoms with van der Waals surface area (Å²) in [6.45, 7) is 3.70. The Morgan fingerprint density at radius 3 is 2.48 bits per heavy atom. The summed E-state index contributed by atoms with van der Waals surface area (Å²) in [7, 11) is -3.23. The van der Waals surface area contributed by atoms with Crippen molar-refractivity contribution in [2.75, 3.05) is 11.5 Å². The monoisotopic (exact) mass is 439 g/mol. The van der Waals surface area contributed by atoms with Crippen LogP contribution < -0.4 is 4.74 Å². The molecule has 0 N–H and O–H groups in total. The quantitative estimate of drug-likeness (QED) is 0.679. The summed E-state index contributed by atoms with van der Waals surface area (Å²) < 4.78 is 43.9. The van der Waals surface area contributed by atoms with E-state index in [-0.39, 0.29) is 40.6 Å². The third kappa shape index (κ3) is 5.28. The van der Waals surface area contributed by atoms with Gasteiger partial charge in [-0.3, -0.25) is 4.79 Å². The summed E-state index contributed by atoms with van der Waals surface area (Å²) in [5, 5.41) is 0.198. The smallest absolute Gasteiger partial charge is 0.254 e. The molecule has 5 nitrogen and oxygen atoms in total. The zero-order valence-corrected chi connectivity index (χ0v) is 17.8. The Hall–Kier alpha value is -2.12. The molecule has 0 saturated carbocycles. The van der Waals surface area contributed by atoms with E-state index in [0.717, 1.165) is 0 Å². The molecule has 156 valence electrons. The van der Waals surface area contributed by atoms with Crippen molar-refractivity contribution < 1.29 is 22.3 Å². The SMILES string of the molecule is CC(C)Oc1ccc(C(=O)N(Cc2c(F)cccc2Cl)[C@H]2CCS(=O)(=O)C2)cc1.